The maximum Gasteiger partial charge on any atom is 0.213 e. The number of sulfonamides is 1. The SMILES string of the molecule is CC1(CNS(=O)(=O)CC2CCCCN2)CCOCC1. The first-order chi connectivity index (χ1) is 8.99. The van der Waals surface area contributed by atoms with Crippen molar-refractivity contribution >= 4 is 10.0 Å². The molecule has 2 heterocycles. The van der Waals surface area contributed by atoms with E-state index >= 15 is 0 Å². The van der Waals surface area contributed by atoms with Gasteiger partial charge in [0.15, 0.2) is 0 Å². The van der Waals surface area contributed by atoms with Crippen LogP contribution in [-0.4, -0.2) is 46.5 Å². The lowest BCUT2D eigenvalue weighted by atomic mass is 9.83. The first-order valence-electron chi connectivity index (χ1n) is 7.28. The van der Waals surface area contributed by atoms with Crippen molar-refractivity contribution in [3.63, 3.8) is 0 Å². The van der Waals surface area contributed by atoms with Gasteiger partial charge < -0.3 is 10.1 Å². The van der Waals surface area contributed by atoms with Crippen molar-refractivity contribution in [2.24, 2.45) is 5.41 Å². The van der Waals surface area contributed by atoms with Crippen LogP contribution in [0.2, 0.25) is 0 Å². The average molecular weight is 290 g/mol. The van der Waals surface area contributed by atoms with E-state index in [1.807, 2.05) is 0 Å². The quantitative estimate of drug-likeness (QED) is 0.788. The van der Waals surface area contributed by atoms with Gasteiger partial charge in [0.25, 0.3) is 0 Å². The Morgan fingerprint density at radius 1 is 1.32 bits per heavy atom. The highest BCUT2D eigenvalue weighted by molar-refractivity contribution is 7.89. The van der Waals surface area contributed by atoms with Gasteiger partial charge in [-0.15, -0.1) is 0 Å². The van der Waals surface area contributed by atoms with Crippen molar-refractivity contribution in [2.45, 2.75) is 45.1 Å². The van der Waals surface area contributed by atoms with Gasteiger partial charge in [-0.25, -0.2) is 13.1 Å². The summed E-state index contributed by atoms with van der Waals surface area (Å²) >= 11 is 0. The molecule has 5 nitrogen and oxygen atoms in total. The van der Waals surface area contributed by atoms with E-state index in [1.165, 1.54) is 0 Å². The second-order valence-electron chi connectivity index (χ2n) is 6.17. The molecule has 0 aromatic heterocycles. The zero-order valence-electron chi connectivity index (χ0n) is 11.8. The molecular formula is C13H26N2O3S. The fourth-order valence-electron chi connectivity index (χ4n) is 2.72. The summed E-state index contributed by atoms with van der Waals surface area (Å²) in [5.74, 6) is 0.208. The van der Waals surface area contributed by atoms with Crippen molar-refractivity contribution in [2.75, 3.05) is 32.1 Å². The van der Waals surface area contributed by atoms with Crippen LogP contribution in [0.4, 0.5) is 0 Å². The number of ether oxygens (including phenoxy) is 1. The maximum atomic E-state index is 12.1. The van der Waals surface area contributed by atoms with Crippen LogP contribution in [0, 0.1) is 5.41 Å². The largest absolute Gasteiger partial charge is 0.381 e. The number of rotatable bonds is 5. The maximum absolute atomic E-state index is 12.1. The Morgan fingerprint density at radius 2 is 2.05 bits per heavy atom. The molecule has 0 saturated carbocycles. The molecule has 1 atom stereocenters. The zero-order valence-corrected chi connectivity index (χ0v) is 12.6. The molecule has 0 amide bonds. The van der Waals surface area contributed by atoms with Crippen molar-refractivity contribution in [3.05, 3.63) is 0 Å². The molecular weight excluding hydrogens is 264 g/mol. The van der Waals surface area contributed by atoms with E-state index in [0.29, 0.717) is 6.54 Å². The van der Waals surface area contributed by atoms with Crippen molar-refractivity contribution in [1.82, 2.24) is 10.0 Å². The van der Waals surface area contributed by atoms with Crippen LogP contribution in [0.3, 0.4) is 0 Å². The Hall–Kier alpha value is -0.170. The fourth-order valence-corrected chi connectivity index (χ4v) is 4.22. The van der Waals surface area contributed by atoms with Crippen molar-refractivity contribution < 1.29 is 13.2 Å². The third-order valence-corrected chi connectivity index (χ3v) is 5.68. The van der Waals surface area contributed by atoms with Gasteiger partial charge in [-0.05, 0) is 37.6 Å². The van der Waals surface area contributed by atoms with Crippen LogP contribution < -0.4 is 10.0 Å². The Kier molecular flexibility index (Phi) is 5.22. The minimum absolute atomic E-state index is 0.0469. The van der Waals surface area contributed by atoms with Crippen LogP contribution >= 0.6 is 0 Å². The zero-order chi connectivity index (χ0) is 13.8. The third kappa shape index (κ3) is 5.02. The molecule has 19 heavy (non-hydrogen) atoms. The lowest BCUT2D eigenvalue weighted by molar-refractivity contribution is 0.0264. The van der Waals surface area contributed by atoms with E-state index in [2.05, 4.69) is 17.0 Å². The average Bonchev–Trinajstić information content (AvgIpc) is 2.38. The highest BCUT2D eigenvalue weighted by atomic mass is 32.2. The van der Waals surface area contributed by atoms with E-state index < -0.39 is 10.0 Å². The van der Waals surface area contributed by atoms with Crippen molar-refractivity contribution in [3.8, 4) is 0 Å². The first-order valence-corrected chi connectivity index (χ1v) is 8.93. The number of hydrogen-bond acceptors (Lipinski definition) is 4. The molecule has 2 rings (SSSR count). The predicted octanol–water partition coefficient (Wildman–Crippen LogP) is 0.865. The van der Waals surface area contributed by atoms with Crippen LogP contribution in [0.5, 0.6) is 0 Å². The minimum atomic E-state index is -3.17. The van der Waals surface area contributed by atoms with E-state index in [4.69, 9.17) is 4.74 Å². The van der Waals surface area contributed by atoms with Gasteiger partial charge in [-0.1, -0.05) is 13.3 Å². The molecule has 6 heteroatoms. The number of piperidine rings is 1. The minimum Gasteiger partial charge on any atom is -0.381 e. The van der Waals surface area contributed by atoms with E-state index in [9.17, 15) is 8.42 Å². The normalized spacial score (nSPS) is 28.2. The standard InChI is InChI=1S/C13H26N2O3S/c1-13(5-8-18-9-6-13)11-15-19(16,17)10-12-4-2-3-7-14-12/h12,14-15H,2-11H2,1H3. The van der Waals surface area contributed by atoms with Crippen LogP contribution in [0.1, 0.15) is 39.0 Å². The van der Waals surface area contributed by atoms with Gasteiger partial charge >= 0.3 is 0 Å². The van der Waals surface area contributed by atoms with E-state index in [-0.39, 0.29) is 17.2 Å². The molecule has 2 aliphatic heterocycles. The Labute approximate surface area is 116 Å². The van der Waals surface area contributed by atoms with Gasteiger partial charge in [0.1, 0.15) is 0 Å². The molecule has 0 aromatic carbocycles. The Morgan fingerprint density at radius 3 is 2.68 bits per heavy atom. The fraction of sp³-hybridized carbons (Fsp3) is 1.00. The summed E-state index contributed by atoms with van der Waals surface area (Å²) < 4.78 is 32.3. The number of hydrogen-bond donors (Lipinski definition) is 2. The Bertz CT molecular complexity index is 371. The predicted molar refractivity (Wildman–Crippen MR) is 75.6 cm³/mol. The molecule has 2 N–H and O–H groups in total. The molecule has 0 spiro atoms. The molecule has 0 radical (unpaired) electrons. The second-order valence-corrected chi connectivity index (χ2v) is 8.02. The molecule has 112 valence electrons. The lowest BCUT2D eigenvalue weighted by Crippen LogP contribution is -2.45. The summed E-state index contributed by atoms with van der Waals surface area (Å²) in [6.45, 7) is 5.09. The highest BCUT2D eigenvalue weighted by Crippen LogP contribution is 2.28. The molecule has 0 aromatic rings. The monoisotopic (exact) mass is 290 g/mol. The third-order valence-electron chi connectivity index (χ3n) is 4.25. The molecule has 2 saturated heterocycles. The highest BCUT2D eigenvalue weighted by Gasteiger charge is 2.29. The summed E-state index contributed by atoms with van der Waals surface area (Å²) in [5.41, 5.74) is 0.0469. The van der Waals surface area contributed by atoms with Crippen molar-refractivity contribution in [1.29, 1.82) is 0 Å². The molecule has 1 unspecified atom stereocenters. The summed E-state index contributed by atoms with van der Waals surface area (Å²) in [7, 11) is -3.17. The summed E-state index contributed by atoms with van der Waals surface area (Å²) in [6.07, 6.45) is 5.10. The van der Waals surface area contributed by atoms with E-state index in [1.54, 1.807) is 0 Å². The molecule has 2 fully saturated rings. The molecule has 0 bridgehead atoms. The van der Waals surface area contributed by atoms with Gasteiger partial charge in [0, 0.05) is 25.8 Å². The smallest absolute Gasteiger partial charge is 0.213 e. The van der Waals surface area contributed by atoms with Gasteiger partial charge in [0.05, 0.1) is 5.75 Å². The summed E-state index contributed by atoms with van der Waals surface area (Å²) in [5, 5.41) is 3.28. The second kappa shape index (κ2) is 6.52. The van der Waals surface area contributed by atoms with Gasteiger partial charge in [-0.2, -0.15) is 0 Å². The summed E-state index contributed by atoms with van der Waals surface area (Å²) in [4.78, 5) is 0. The summed E-state index contributed by atoms with van der Waals surface area (Å²) in [6, 6.07) is 0.119. The topological polar surface area (TPSA) is 67.4 Å². The van der Waals surface area contributed by atoms with Crippen LogP contribution in [-0.2, 0) is 14.8 Å². The van der Waals surface area contributed by atoms with E-state index in [0.717, 1.165) is 51.9 Å². The molecule has 0 aliphatic carbocycles. The van der Waals surface area contributed by atoms with Gasteiger partial charge in [0.2, 0.25) is 10.0 Å². The Balaban J connectivity index is 1.79. The number of nitrogens with one attached hydrogen (secondary N) is 2. The molecule has 2 aliphatic rings. The first kappa shape index (κ1) is 15.2. The van der Waals surface area contributed by atoms with Gasteiger partial charge in [-0.3, -0.25) is 0 Å². The lowest BCUT2D eigenvalue weighted by Gasteiger charge is -2.33. The van der Waals surface area contributed by atoms with Crippen LogP contribution in [0.25, 0.3) is 0 Å². The van der Waals surface area contributed by atoms with Crippen LogP contribution in [0.15, 0.2) is 0 Å².